The highest BCUT2D eigenvalue weighted by molar-refractivity contribution is 5.76. The normalized spacial score (nSPS) is 23.2. The molecule has 0 radical (unpaired) electrons. The van der Waals surface area contributed by atoms with Crippen LogP contribution in [-0.4, -0.2) is 32.2 Å². The molecule has 3 heterocycles. The van der Waals surface area contributed by atoms with Crippen LogP contribution in [0.1, 0.15) is 57.0 Å². The molecule has 6 heteroatoms. The summed E-state index contributed by atoms with van der Waals surface area (Å²) in [6, 6.07) is 0. The fourth-order valence-electron chi connectivity index (χ4n) is 3.39. The van der Waals surface area contributed by atoms with Gasteiger partial charge in [0.15, 0.2) is 11.2 Å². The zero-order valence-corrected chi connectivity index (χ0v) is 13.0. The van der Waals surface area contributed by atoms with Gasteiger partial charge in [0, 0.05) is 6.61 Å². The molecule has 2 fully saturated rings. The molecule has 0 aromatic carbocycles. The molecule has 118 valence electrons. The van der Waals surface area contributed by atoms with Gasteiger partial charge in [0.1, 0.15) is 18.2 Å². The monoisotopic (exact) mass is 302 g/mol. The number of ether oxygens (including phenoxy) is 2. The average Bonchev–Trinajstić information content (AvgIpc) is 3.17. The Hall–Kier alpha value is -1.69. The number of fused-ring (bicyclic) bond motifs is 1. The summed E-state index contributed by atoms with van der Waals surface area (Å²) < 4.78 is 14.0. The van der Waals surface area contributed by atoms with Gasteiger partial charge in [-0.1, -0.05) is 0 Å². The average molecular weight is 302 g/mol. The highest BCUT2D eigenvalue weighted by Crippen LogP contribution is 2.30. The quantitative estimate of drug-likeness (QED) is 0.871. The van der Waals surface area contributed by atoms with E-state index in [2.05, 4.69) is 15.0 Å². The molecule has 4 rings (SSSR count). The Morgan fingerprint density at radius 2 is 1.95 bits per heavy atom. The second-order valence-corrected chi connectivity index (χ2v) is 6.25. The van der Waals surface area contributed by atoms with Crippen LogP contribution in [0.5, 0.6) is 5.88 Å². The summed E-state index contributed by atoms with van der Waals surface area (Å²) >= 11 is 0. The van der Waals surface area contributed by atoms with Gasteiger partial charge < -0.3 is 9.47 Å². The minimum Gasteiger partial charge on any atom is -0.473 e. The fourth-order valence-corrected chi connectivity index (χ4v) is 3.39. The lowest BCUT2D eigenvalue weighted by atomic mass is 10.2. The first kappa shape index (κ1) is 13.9. The topological polar surface area (TPSA) is 62.1 Å². The Morgan fingerprint density at radius 1 is 1.14 bits per heavy atom. The van der Waals surface area contributed by atoms with Crippen molar-refractivity contribution in [1.82, 2.24) is 19.5 Å². The first-order valence-corrected chi connectivity index (χ1v) is 8.31. The van der Waals surface area contributed by atoms with Crippen LogP contribution in [0.3, 0.4) is 0 Å². The Labute approximate surface area is 129 Å². The van der Waals surface area contributed by atoms with Gasteiger partial charge in [-0.3, -0.25) is 4.57 Å². The second-order valence-electron chi connectivity index (χ2n) is 6.25. The SMILES string of the molecule is Cc1nc(OC2CCCC2)c2ncn(C3CCCCO3)c2n1. The second kappa shape index (κ2) is 5.83. The van der Waals surface area contributed by atoms with E-state index in [-0.39, 0.29) is 12.3 Å². The lowest BCUT2D eigenvalue weighted by molar-refractivity contribution is -0.0298. The van der Waals surface area contributed by atoms with Crippen LogP contribution in [0, 0.1) is 6.92 Å². The van der Waals surface area contributed by atoms with Crippen molar-refractivity contribution in [2.45, 2.75) is 64.2 Å². The molecule has 1 unspecified atom stereocenters. The van der Waals surface area contributed by atoms with E-state index in [0.717, 1.165) is 49.3 Å². The molecule has 0 amide bonds. The van der Waals surface area contributed by atoms with Crippen molar-refractivity contribution in [3.05, 3.63) is 12.2 Å². The molecule has 1 saturated heterocycles. The van der Waals surface area contributed by atoms with E-state index >= 15 is 0 Å². The number of hydrogen-bond acceptors (Lipinski definition) is 5. The number of hydrogen-bond donors (Lipinski definition) is 0. The van der Waals surface area contributed by atoms with Crippen LogP contribution >= 0.6 is 0 Å². The van der Waals surface area contributed by atoms with Crippen molar-refractivity contribution in [3.63, 3.8) is 0 Å². The summed E-state index contributed by atoms with van der Waals surface area (Å²) in [5, 5.41) is 0. The lowest BCUT2D eigenvalue weighted by Crippen LogP contribution is -2.18. The predicted molar refractivity (Wildman–Crippen MR) is 81.8 cm³/mol. The van der Waals surface area contributed by atoms with Gasteiger partial charge >= 0.3 is 0 Å². The first-order valence-electron chi connectivity index (χ1n) is 8.31. The molecule has 1 saturated carbocycles. The van der Waals surface area contributed by atoms with Crippen molar-refractivity contribution in [1.29, 1.82) is 0 Å². The van der Waals surface area contributed by atoms with Crippen molar-refractivity contribution in [2.24, 2.45) is 0 Å². The molecular weight excluding hydrogens is 280 g/mol. The molecule has 0 N–H and O–H groups in total. The van der Waals surface area contributed by atoms with E-state index in [4.69, 9.17) is 9.47 Å². The summed E-state index contributed by atoms with van der Waals surface area (Å²) in [6.07, 6.45) is 10.1. The summed E-state index contributed by atoms with van der Waals surface area (Å²) in [7, 11) is 0. The molecule has 22 heavy (non-hydrogen) atoms. The maximum absolute atomic E-state index is 6.10. The van der Waals surface area contributed by atoms with Gasteiger partial charge in [0.25, 0.3) is 0 Å². The van der Waals surface area contributed by atoms with Crippen molar-refractivity contribution in [2.75, 3.05) is 6.61 Å². The van der Waals surface area contributed by atoms with Gasteiger partial charge in [0.05, 0.1) is 6.33 Å². The predicted octanol–water partition coefficient (Wildman–Crippen LogP) is 3.16. The van der Waals surface area contributed by atoms with E-state index < -0.39 is 0 Å². The van der Waals surface area contributed by atoms with Crippen molar-refractivity contribution >= 4 is 11.2 Å². The van der Waals surface area contributed by atoms with Crippen molar-refractivity contribution < 1.29 is 9.47 Å². The van der Waals surface area contributed by atoms with Gasteiger partial charge in [-0.05, 0) is 51.9 Å². The van der Waals surface area contributed by atoms with E-state index in [1.165, 1.54) is 19.3 Å². The van der Waals surface area contributed by atoms with Gasteiger partial charge in [-0.25, -0.2) is 9.97 Å². The lowest BCUT2D eigenvalue weighted by Gasteiger charge is -2.23. The minimum absolute atomic E-state index is 0.0346. The first-order chi connectivity index (χ1) is 10.8. The number of aromatic nitrogens is 4. The summed E-state index contributed by atoms with van der Waals surface area (Å²) in [5.74, 6) is 1.35. The fraction of sp³-hybridized carbons (Fsp3) is 0.688. The number of aryl methyl sites for hydroxylation is 1. The van der Waals surface area contributed by atoms with E-state index in [1.807, 2.05) is 17.8 Å². The minimum atomic E-state index is 0.0346. The molecular formula is C16H22N4O2. The Kier molecular flexibility index (Phi) is 3.70. The molecule has 2 aromatic rings. The molecule has 2 aliphatic rings. The van der Waals surface area contributed by atoms with Crippen LogP contribution in [0.2, 0.25) is 0 Å². The summed E-state index contributed by atoms with van der Waals surface area (Å²) in [5.41, 5.74) is 1.58. The third kappa shape index (κ3) is 2.56. The van der Waals surface area contributed by atoms with Gasteiger partial charge in [0.2, 0.25) is 5.88 Å². The molecule has 0 spiro atoms. The van der Waals surface area contributed by atoms with E-state index in [9.17, 15) is 0 Å². The Morgan fingerprint density at radius 3 is 2.73 bits per heavy atom. The van der Waals surface area contributed by atoms with Gasteiger partial charge in [-0.2, -0.15) is 4.98 Å². The molecule has 1 aliphatic carbocycles. The maximum atomic E-state index is 6.10. The Bertz CT molecular complexity index is 657. The third-order valence-corrected chi connectivity index (χ3v) is 4.55. The highest BCUT2D eigenvalue weighted by atomic mass is 16.5. The van der Waals surface area contributed by atoms with E-state index in [1.54, 1.807) is 0 Å². The number of nitrogens with zero attached hydrogens (tertiary/aromatic N) is 4. The van der Waals surface area contributed by atoms with Crippen LogP contribution < -0.4 is 4.74 Å². The van der Waals surface area contributed by atoms with Gasteiger partial charge in [-0.15, -0.1) is 0 Å². The highest BCUT2D eigenvalue weighted by Gasteiger charge is 2.23. The van der Waals surface area contributed by atoms with Crippen molar-refractivity contribution in [3.8, 4) is 5.88 Å². The third-order valence-electron chi connectivity index (χ3n) is 4.55. The van der Waals surface area contributed by atoms with Crippen LogP contribution in [-0.2, 0) is 4.74 Å². The Balaban J connectivity index is 1.70. The molecule has 1 aliphatic heterocycles. The van der Waals surface area contributed by atoms with Crippen LogP contribution in [0.4, 0.5) is 0 Å². The van der Waals surface area contributed by atoms with E-state index in [0.29, 0.717) is 5.88 Å². The maximum Gasteiger partial charge on any atom is 0.245 e. The van der Waals surface area contributed by atoms with Crippen LogP contribution in [0.25, 0.3) is 11.2 Å². The standard InChI is InChI=1S/C16H22N4O2/c1-11-18-15-14(16(19-11)22-12-6-2-3-7-12)17-10-20(15)13-8-4-5-9-21-13/h10,12-13H,2-9H2,1H3. The molecule has 6 nitrogen and oxygen atoms in total. The zero-order chi connectivity index (χ0) is 14.9. The zero-order valence-electron chi connectivity index (χ0n) is 13.0. The number of rotatable bonds is 3. The summed E-state index contributed by atoms with van der Waals surface area (Å²) in [6.45, 7) is 2.71. The van der Waals surface area contributed by atoms with Crippen LogP contribution in [0.15, 0.2) is 6.33 Å². The summed E-state index contributed by atoms with van der Waals surface area (Å²) in [4.78, 5) is 13.6. The molecule has 1 atom stereocenters. The molecule has 2 aromatic heterocycles. The molecule has 0 bridgehead atoms. The number of imidazole rings is 1. The largest absolute Gasteiger partial charge is 0.473 e. The smallest absolute Gasteiger partial charge is 0.245 e.